The fourth-order valence-electron chi connectivity index (χ4n) is 3.97. The topological polar surface area (TPSA) is 146 Å². The molecule has 41 heavy (non-hydrogen) atoms. The summed E-state index contributed by atoms with van der Waals surface area (Å²) < 4.78 is 5.12. The van der Waals surface area contributed by atoms with Gasteiger partial charge >= 0.3 is 12.0 Å². The van der Waals surface area contributed by atoms with Crippen LogP contribution in [0.3, 0.4) is 0 Å². The molecule has 0 saturated heterocycles. The first-order valence-corrected chi connectivity index (χ1v) is 14.3. The van der Waals surface area contributed by atoms with Gasteiger partial charge in [0, 0.05) is 17.9 Å². The number of ether oxygens (including phenoxy) is 1. The van der Waals surface area contributed by atoms with Crippen LogP contribution in [0.2, 0.25) is 0 Å². The van der Waals surface area contributed by atoms with Crippen molar-refractivity contribution in [3.63, 3.8) is 0 Å². The predicted molar refractivity (Wildman–Crippen MR) is 161 cm³/mol. The van der Waals surface area contributed by atoms with Gasteiger partial charge in [-0.05, 0) is 66.0 Å². The fourth-order valence-corrected chi connectivity index (χ4v) is 4.44. The highest BCUT2D eigenvalue weighted by Crippen LogP contribution is 2.20. The van der Waals surface area contributed by atoms with E-state index in [2.05, 4.69) is 21.3 Å². The predicted octanol–water partition coefficient (Wildman–Crippen LogP) is 4.10. The van der Waals surface area contributed by atoms with Gasteiger partial charge in [0.25, 0.3) is 0 Å². The van der Waals surface area contributed by atoms with Crippen LogP contribution < -0.4 is 26.0 Å². The van der Waals surface area contributed by atoms with Gasteiger partial charge in [0.05, 0.1) is 19.4 Å². The number of carbonyl (C=O) groups is 4. The molecule has 0 heterocycles. The van der Waals surface area contributed by atoms with Crippen molar-refractivity contribution < 1.29 is 29.0 Å². The van der Waals surface area contributed by atoms with Crippen molar-refractivity contribution in [2.24, 2.45) is 0 Å². The van der Waals surface area contributed by atoms with Gasteiger partial charge in [-0.15, -0.1) is 0 Å². The second kappa shape index (κ2) is 15.9. The molecule has 0 radical (unpaired) electrons. The van der Waals surface area contributed by atoms with E-state index in [0.717, 1.165) is 0 Å². The van der Waals surface area contributed by atoms with Crippen molar-refractivity contribution in [1.29, 1.82) is 0 Å². The van der Waals surface area contributed by atoms with E-state index < -0.39 is 23.8 Å². The zero-order chi connectivity index (χ0) is 29.6. The van der Waals surface area contributed by atoms with Crippen molar-refractivity contribution in [2.75, 3.05) is 36.3 Å². The number of rotatable bonds is 14. The van der Waals surface area contributed by atoms with Crippen LogP contribution in [0.4, 0.5) is 16.2 Å². The summed E-state index contributed by atoms with van der Waals surface area (Å²) in [6.45, 7) is -0.127. The highest BCUT2D eigenvalue weighted by atomic mass is 32.2. The van der Waals surface area contributed by atoms with E-state index in [0.29, 0.717) is 40.4 Å². The average molecular weight is 579 g/mol. The Hall–Kier alpha value is -4.51. The SMILES string of the molecule is COc1ccc([C@@H](CNC(=O)[C@H](CCSC)NC(=O)Cc2ccc(NC(=O)Nc3ccccc3)cc2)C(=O)O)cc1. The van der Waals surface area contributed by atoms with E-state index >= 15 is 0 Å². The molecule has 0 aliphatic rings. The molecule has 10 nitrogen and oxygen atoms in total. The van der Waals surface area contributed by atoms with E-state index in [1.54, 1.807) is 60.7 Å². The van der Waals surface area contributed by atoms with E-state index in [1.807, 2.05) is 24.5 Å². The number of nitrogens with one attached hydrogen (secondary N) is 4. The molecule has 4 amide bonds. The van der Waals surface area contributed by atoms with Gasteiger partial charge in [-0.1, -0.05) is 42.5 Å². The van der Waals surface area contributed by atoms with Gasteiger partial charge in [0.1, 0.15) is 11.8 Å². The molecule has 0 aliphatic heterocycles. The smallest absolute Gasteiger partial charge is 0.323 e. The van der Waals surface area contributed by atoms with Crippen LogP contribution in [0.25, 0.3) is 0 Å². The first-order valence-electron chi connectivity index (χ1n) is 12.9. The Balaban J connectivity index is 1.54. The molecule has 5 N–H and O–H groups in total. The quantitative estimate of drug-likeness (QED) is 0.194. The second-order valence-electron chi connectivity index (χ2n) is 9.13. The molecule has 0 aliphatic carbocycles. The van der Waals surface area contributed by atoms with Gasteiger partial charge in [-0.25, -0.2) is 4.79 Å². The number of carbonyl (C=O) groups excluding carboxylic acids is 3. The molecule has 0 aromatic heterocycles. The van der Waals surface area contributed by atoms with E-state index in [9.17, 15) is 24.3 Å². The van der Waals surface area contributed by atoms with E-state index in [-0.39, 0.29) is 24.9 Å². The summed E-state index contributed by atoms with van der Waals surface area (Å²) in [7, 11) is 1.52. The summed E-state index contributed by atoms with van der Waals surface area (Å²) in [5.74, 6) is -1.60. The first-order chi connectivity index (χ1) is 19.8. The van der Waals surface area contributed by atoms with Crippen LogP contribution in [-0.4, -0.2) is 60.6 Å². The molecule has 3 rings (SSSR count). The summed E-state index contributed by atoms with van der Waals surface area (Å²) in [4.78, 5) is 49.8. The van der Waals surface area contributed by atoms with Crippen molar-refractivity contribution in [1.82, 2.24) is 10.6 Å². The molecule has 3 aromatic carbocycles. The van der Waals surface area contributed by atoms with Crippen LogP contribution in [0.1, 0.15) is 23.5 Å². The summed E-state index contributed by atoms with van der Waals surface area (Å²) in [6.07, 6.45) is 2.32. The number of urea groups is 1. The number of hydrogen-bond donors (Lipinski definition) is 5. The lowest BCUT2D eigenvalue weighted by molar-refractivity contribution is -0.139. The average Bonchev–Trinajstić information content (AvgIpc) is 2.97. The molecule has 2 atom stereocenters. The number of benzene rings is 3. The Bertz CT molecular complexity index is 1300. The van der Waals surface area contributed by atoms with Crippen molar-refractivity contribution in [2.45, 2.75) is 24.8 Å². The van der Waals surface area contributed by atoms with Gasteiger partial charge < -0.3 is 31.1 Å². The monoisotopic (exact) mass is 578 g/mol. The Kier molecular flexibility index (Phi) is 12.0. The Morgan fingerprint density at radius 1 is 0.878 bits per heavy atom. The number of carboxylic acids is 1. The zero-order valence-electron chi connectivity index (χ0n) is 22.9. The third kappa shape index (κ3) is 10.2. The molecule has 0 fully saturated rings. The van der Waals surface area contributed by atoms with Crippen LogP contribution in [-0.2, 0) is 20.8 Å². The van der Waals surface area contributed by atoms with Crippen LogP contribution in [0.5, 0.6) is 5.75 Å². The number of hydrogen-bond acceptors (Lipinski definition) is 6. The zero-order valence-corrected chi connectivity index (χ0v) is 23.7. The third-order valence-corrected chi connectivity index (χ3v) is 6.81. The van der Waals surface area contributed by atoms with E-state index in [1.165, 1.54) is 18.9 Å². The summed E-state index contributed by atoms with van der Waals surface area (Å²) in [5.41, 5.74) is 2.45. The third-order valence-electron chi connectivity index (χ3n) is 6.17. The summed E-state index contributed by atoms with van der Waals surface area (Å²) in [6, 6.07) is 21.3. The normalized spacial score (nSPS) is 12.0. The van der Waals surface area contributed by atoms with Crippen molar-refractivity contribution in [3.05, 3.63) is 90.0 Å². The maximum Gasteiger partial charge on any atom is 0.323 e. The van der Waals surface area contributed by atoms with Crippen LogP contribution >= 0.6 is 11.8 Å². The number of anilines is 2. The van der Waals surface area contributed by atoms with Crippen LogP contribution in [0.15, 0.2) is 78.9 Å². The minimum absolute atomic E-state index is 0.0309. The first kappa shape index (κ1) is 31.0. The number of methoxy groups -OCH3 is 1. The molecular weight excluding hydrogens is 544 g/mol. The van der Waals surface area contributed by atoms with E-state index in [4.69, 9.17) is 4.74 Å². The lowest BCUT2D eigenvalue weighted by Crippen LogP contribution is -2.48. The highest BCUT2D eigenvalue weighted by molar-refractivity contribution is 7.98. The molecule has 0 unspecified atom stereocenters. The van der Waals surface area contributed by atoms with Gasteiger partial charge in [-0.3, -0.25) is 14.4 Å². The number of thioether (sulfide) groups is 1. The molecule has 11 heteroatoms. The Morgan fingerprint density at radius 3 is 2.10 bits per heavy atom. The number of carboxylic acid groups (broad SMARTS) is 1. The largest absolute Gasteiger partial charge is 0.497 e. The number of para-hydroxylation sites is 1. The van der Waals surface area contributed by atoms with Gasteiger partial charge in [-0.2, -0.15) is 11.8 Å². The van der Waals surface area contributed by atoms with Crippen molar-refractivity contribution >= 4 is 47.0 Å². The Labute approximate surface area is 243 Å². The lowest BCUT2D eigenvalue weighted by Gasteiger charge is -2.20. The van der Waals surface area contributed by atoms with Crippen LogP contribution in [0, 0.1) is 0 Å². The number of amides is 4. The molecular formula is C30H34N4O6S. The van der Waals surface area contributed by atoms with Gasteiger partial charge in [0.2, 0.25) is 11.8 Å². The molecule has 3 aromatic rings. The van der Waals surface area contributed by atoms with Gasteiger partial charge in [0.15, 0.2) is 0 Å². The fraction of sp³-hybridized carbons (Fsp3) is 0.267. The molecule has 216 valence electrons. The standard InChI is InChI=1S/C30H34N4O6S/c1-40-24-14-10-21(11-15-24)25(29(37)38)19-31-28(36)26(16-17-41-2)34-27(35)18-20-8-12-23(13-9-20)33-30(39)32-22-6-4-3-5-7-22/h3-15,25-26H,16-19H2,1-2H3,(H,31,36)(H,34,35)(H,37,38)(H2,32,33,39)/t25-,26+/m1/s1. The lowest BCUT2D eigenvalue weighted by atomic mass is 9.99. The van der Waals surface area contributed by atoms with Crippen molar-refractivity contribution in [3.8, 4) is 5.75 Å². The highest BCUT2D eigenvalue weighted by Gasteiger charge is 2.25. The molecule has 0 saturated carbocycles. The maximum absolute atomic E-state index is 13.0. The minimum atomic E-state index is -1.07. The summed E-state index contributed by atoms with van der Waals surface area (Å²) >= 11 is 1.54. The summed E-state index contributed by atoms with van der Waals surface area (Å²) in [5, 5.41) is 20.6. The molecule has 0 spiro atoms. The Morgan fingerprint density at radius 2 is 1.51 bits per heavy atom. The second-order valence-corrected chi connectivity index (χ2v) is 10.1. The number of aliphatic carboxylic acids is 1. The molecule has 0 bridgehead atoms. The minimum Gasteiger partial charge on any atom is -0.497 e. The maximum atomic E-state index is 13.0.